The number of nitrogens with zero attached hydrogens (tertiary/aromatic N) is 2. The number of benzene rings is 1. The Bertz CT molecular complexity index is 563. The summed E-state index contributed by atoms with van der Waals surface area (Å²) in [5.74, 6) is 0.999. The molecule has 0 saturated carbocycles. The minimum absolute atomic E-state index is 0.0901. The van der Waals surface area contributed by atoms with E-state index in [1.807, 2.05) is 0 Å². The molecule has 2 aromatic rings. The molecule has 2 N–H and O–H groups in total. The average Bonchev–Trinajstić information content (AvgIpc) is 2.76. The smallest absolute Gasteiger partial charge is 0.272 e. The second-order valence-corrected chi connectivity index (χ2v) is 3.58. The van der Waals surface area contributed by atoms with Crippen LogP contribution < -0.4 is 5.73 Å². The molecule has 0 atom stereocenters. The standard InChI is InChI=1S/C11H11N3O3/c1-7-4-8(2-3-9(7)14(15)16)10-6-13-11(5-12)17-10/h2-4,6H,5,12H2,1H3. The molecule has 0 radical (unpaired) electrons. The van der Waals surface area contributed by atoms with Crippen molar-refractivity contribution in [1.29, 1.82) is 0 Å². The molecule has 1 heterocycles. The number of hydrogen-bond donors (Lipinski definition) is 1. The van der Waals surface area contributed by atoms with E-state index in [1.54, 1.807) is 25.3 Å². The quantitative estimate of drug-likeness (QED) is 0.646. The van der Waals surface area contributed by atoms with E-state index >= 15 is 0 Å². The second kappa shape index (κ2) is 4.34. The SMILES string of the molecule is Cc1cc(-c2cnc(CN)o2)ccc1[N+](=O)[O-]. The molecule has 0 aliphatic carbocycles. The van der Waals surface area contributed by atoms with Gasteiger partial charge in [0.25, 0.3) is 5.69 Å². The van der Waals surface area contributed by atoms with Crippen LogP contribution in [0.1, 0.15) is 11.5 Å². The first-order valence-corrected chi connectivity index (χ1v) is 5.02. The van der Waals surface area contributed by atoms with Crippen LogP contribution in [0.2, 0.25) is 0 Å². The molecule has 0 saturated heterocycles. The fourth-order valence-electron chi connectivity index (χ4n) is 1.55. The first kappa shape index (κ1) is 11.3. The first-order valence-electron chi connectivity index (χ1n) is 5.02. The molecule has 88 valence electrons. The van der Waals surface area contributed by atoms with Crippen molar-refractivity contribution in [3.8, 4) is 11.3 Å². The molecule has 0 bridgehead atoms. The highest BCUT2D eigenvalue weighted by Crippen LogP contribution is 2.26. The largest absolute Gasteiger partial charge is 0.439 e. The van der Waals surface area contributed by atoms with Crippen LogP contribution in [0.25, 0.3) is 11.3 Å². The van der Waals surface area contributed by atoms with E-state index in [4.69, 9.17) is 10.2 Å². The number of nitrogens with two attached hydrogens (primary N) is 1. The van der Waals surface area contributed by atoms with Crippen LogP contribution in [-0.4, -0.2) is 9.91 Å². The van der Waals surface area contributed by atoms with E-state index in [9.17, 15) is 10.1 Å². The van der Waals surface area contributed by atoms with Crippen LogP contribution in [0.4, 0.5) is 5.69 Å². The summed E-state index contributed by atoms with van der Waals surface area (Å²) in [5.41, 5.74) is 6.81. The minimum atomic E-state index is -0.412. The van der Waals surface area contributed by atoms with Gasteiger partial charge in [-0.1, -0.05) is 0 Å². The van der Waals surface area contributed by atoms with Crippen molar-refractivity contribution in [3.05, 3.63) is 46.0 Å². The van der Waals surface area contributed by atoms with Crippen molar-refractivity contribution < 1.29 is 9.34 Å². The van der Waals surface area contributed by atoms with Gasteiger partial charge in [0.15, 0.2) is 5.76 Å². The van der Waals surface area contributed by atoms with Crippen LogP contribution in [0.15, 0.2) is 28.8 Å². The van der Waals surface area contributed by atoms with Gasteiger partial charge in [-0.25, -0.2) is 4.98 Å². The Kier molecular flexibility index (Phi) is 2.88. The molecular weight excluding hydrogens is 222 g/mol. The molecule has 1 aromatic heterocycles. The van der Waals surface area contributed by atoms with Crippen LogP contribution in [0, 0.1) is 17.0 Å². The van der Waals surface area contributed by atoms with Crippen LogP contribution in [-0.2, 0) is 6.54 Å². The van der Waals surface area contributed by atoms with Gasteiger partial charge in [-0.15, -0.1) is 0 Å². The van der Waals surface area contributed by atoms with Gasteiger partial charge >= 0.3 is 0 Å². The Balaban J connectivity index is 2.40. The van der Waals surface area contributed by atoms with Gasteiger partial charge in [0.2, 0.25) is 5.89 Å². The van der Waals surface area contributed by atoms with Gasteiger partial charge in [-0.2, -0.15) is 0 Å². The van der Waals surface area contributed by atoms with Crippen LogP contribution in [0.3, 0.4) is 0 Å². The number of nitro benzene ring substituents is 1. The van der Waals surface area contributed by atoms with E-state index in [0.29, 0.717) is 17.2 Å². The maximum Gasteiger partial charge on any atom is 0.272 e. The topological polar surface area (TPSA) is 95.2 Å². The minimum Gasteiger partial charge on any atom is -0.439 e. The summed E-state index contributed by atoms with van der Waals surface area (Å²) in [4.78, 5) is 14.2. The summed E-state index contributed by atoms with van der Waals surface area (Å²) >= 11 is 0. The number of aryl methyl sites for hydroxylation is 1. The van der Waals surface area contributed by atoms with E-state index in [1.165, 1.54) is 6.07 Å². The fraction of sp³-hybridized carbons (Fsp3) is 0.182. The molecule has 0 aliphatic heterocycles. The summed E-state index contributed by atoms with van der Waals surface area (Å²) in [6.07, 6.45) is 1.56. The van der Waals surface area contributed by atoms with Gasteiger partial charge in [-0.3, -0.25) is 10.1 Å². The van der Waals surface area contributed by atoms with Gasteiger partial charge in [-0.05, 0) is 19.1 Å². The molecule has 6 heteroatoms. The van der Waals surface area contributed by atoms with Crippen molar-refractivity contribution in [3.63, 3.8) is 0 Å². The summed E-state index contributed by atoms with van der Waals surface area (Å²) in [7, 11) is 0. The number of hydrogen-bond acceptors (Lipinski definition) is 5. The summed E-state index contributed by atoms with van der Waals surface area (Å²) in [6.45, 7) is 1.91. The zero-order valence-corrected chi connectivity index (χ0v) is 9.21. The van der Waals surface area contributed by atoms with E-state index < -0.39 is 4.92 Å². The van der Waals surface area contributed by atoms with E-state index in [0.717, 1.165) is 5.56 Å². The average molecular weight is 233 g/mol. The van der Waals surface area contributed by atoms with Crippen molar-refractivity contribution in [2.45, 2.75) is 13.5 Å². The summed E-state index contributed by atoms with van der Waals surface area (Å²) in [6, 6.07) is 4.78. The summed E-state index contributed by atoms with van der Waals surface area (Å²) in [5, 5.41) is 10.7. The lowest BCUT2D eigenvalue weighted by Crippen LogP contribution is -1.94. The van der Waals surface area contributed by atoms with Gasteiger partial charge in [0.05, 0.1) is 17.7 Å². The van der Waals surface area contributed by atoms with Gasteiger partial charge in [0.1, 0.15) is 0 Å². The third kappa shape index (κ3) is 2.16. The lowest BCUT2D eigenvalue weighted by Gasteiger charge is -1.99. The maximum absolute atomic E-state index is 10.7. The Morgan fingerprint density at radius 1 is 1.53 bits per heavy atom. The Labute approximate surface area is 97.2 Å². The molecule has 0 fully saturated rings. The van der Waals surface area contributed by atoms with Crippen LogP contribution >= 0.6 is 0 Å². The highest BCUT2D eigenvalue weighted by molar-refractivity contribution is 5.61. The molecule has 2 rings (SSSR count). The molecule has 1 aromatic carbocycles. The first-order chi connectivity index (χ1) is 8.11. The lowest BCUT2D eigenvalue weighted by molar-refractivity contribution is -0.385. The number of oxazole rings is 1. The van der Waals surface area contributed by atoms with Gasteiger partial charge in [0, 0.05) is 17.2 Å². The fourth-order valence-corrected chi connectivity index (χ4v) is 1.55. The molecular formula is C11H11N3O3. The normalized spacial score (nSPS) is 10.5. The zero-order valence-electron chi connectivity index (χ0n) is 9.21. The predicted octanol–water partition coefficient (Wildman–Crippen LogP) is 2.02. The van der Waals surface area contributed by atoms with Gasteiger partial charge < -0.3 is 10.2 Å². The third-order valence-corrected chi connectivity index (χ3v) is 2.41. The van der Waals surface area contributed by atoms with E-state index in [-0.39, 0.29) is 12.2 Å². The van der Waals surface area contributed by atoms with Crippen molar-refractivity contribution in [2.24, 2.45) is 5.73 Å². The van der Waals surface area contributed by atoms with Crippen molar-refractivity contribution in [1.82, 2.24) is 4.98 Å². The highest BCUT2D eigenvalue weighted by Gasteiger charge is 2.12. The molecule has 0 aliphatic rings. The van der Waals surface area contributed by atoms with E-state index in [2.05, 4.69) is 4.98 Å². The Hall–Kier alpha value is -2.21. The van der Waals surface area contributed by atoms with Crippen LogP contribution in [0.5, 0.6) is 0 Å². The molecule has 0 unspecified atom stereocenters. The number of rotatable bonds is 3. The highest BCUT2D eigenvalue weighted by atomic mass is 16.6. The lowest BCUT2D eigenvalue weighted by atomic mass is 10.1. The molecule has 17 heavy (non-hydrogen) atoms. The monoisotopic (exact) mass is 233 g/mol. The van der Waals surface area contributed by atoms with Crippen molar-refractivity contribution in [2.75, 3.05) is 0 Å². The Morgan fingerprint density at radius 3 is 2.82 bits per heavy atom. The second-order valence-electron chi connectivity index (χ2n) is 3.58. The molecule has 0 spiro atoms. The molecule has 6 nitrogen and oxygen atoms in total. The number of aromatic nitrogens is 1. The van der Waals surface area contributed by atoms with Crippen molar-refractivity contribution >= 4 is 5.69 Å². The predicted molar refractivity (Wildman–Crippen MR) is 61.2 cm³/mol. The summed E-state index contributed by atoms with van der Waals surface area (Å²) < 4.78 is 5.37. The Morgan fingerprint density at radius 2 is 2.29 bits per heavy atom. The molecule has 0 amide bonds. The zero-order chi connectivity index (χ0) is 12.4. The maximum atomic E-state index is 10.7. The number of nitro groups is 1. The third-order valence-electron chi connectivity index (χ3n) is 2.41.